The van der Waals surface area contributed by atoms with Gasteiger partial charge < -0.3 is 11.1 Å². The molecular formula is C18H22ClN3O. The largest absolute Gasteiger partial charge is 0.326 e. The second-order valence-corrected chi connectivity index (χ2v) is 6.08. The van der Waals surface area contributed by atoms with Gasteiger partial charge in [-0.05, 0) is 53.6 Å². The van der Waals surface area contributed by atoms with Crippen LogP contribution in [0, 0.1) is 18.8 Å². The number of hydrogen-bond donors (Lipinski definition) is 2. The van der Waals surface area contributed by atoms with Crippen molar-refractivity contribution in [2.24, 2.45) is 17.6 Å². The molecule has 1 aliphatic carbocycles. The summed E-state index contributed by atoms with van der Waals surface area (Å²) in [6.45, 7) is 4.70. The summed E-state index contributed by atoms with van der Waals surface area (Å²) in [4.78, 5) is 16.2. The van der Waals surface area contributed by atoms with Crippen molar-refractivity contribution in [3.05, 3.63) is 47.7 Å². The summed E-state index contributed by atoms with van der Waals surface area (Å²) < 4.78 is 0. The van der Waals surface area contributed by atoms with E-state index in [0.717, 1.165) is 23.1 Å². The molecule has 4 nitrogen and oxygen atoms in total. The number of carbonyl (C=O) groups excluding carboxylic acids is 1. The number of hydrogen-bond acceptors (Lipinski definition) is 3. The predicted molar refractivity (Wildman–Crippen MR) is 95.5 cm³/mol. The molecule has 0 saturated heterocycles. The average Bonchev–Trinajstić information content (AvgIpc) is 3.24. The molecule has 1 aromatic heterocycles. The molecule has 3 rings (SSSR count). The van der Waals surface area contributed by atoms with Crippen molar-refractivity contribution < 1.29 is 4.79 Å². The monoisotopic (exact) mass is 331 g/mol. The topological polar surface area (TPSA) is 68.0 Å². The van der Waals surface area contributed by atoms with Gasteiger partial charge in [0.25, 0.3) is 0 Å². The van der Waals surface area contributed by atoms with Gasteiger partial charge in [0.1, 0.15) is 5.82 Å². The van der Waals surface area contributed by atoms with Crippen molar-refractivity contribution >= 4 is 24.1 Å². The fourth-order valence-corrected chi connectivity index (χ4v) is 2.69. The van der Waals surface area contributed by atoms with Crippen molar-refractivity contribution in [2.75, 3.05) is 5.32 Å². The molecule has 1 aliphatic rings. The Kier molecular flexibility index (Phi) is 5.39. The third-order valence-electron chi connectivity index (χ3n) is 4.35. The number of nitrogens with zero attached hydrogens (tertiary/aromatic N) is 1. The maximum absolute atomic E-state index is 12.0. The van der Waals surface area contributed by atoms with Crippen molar-refractivity contribution in [1.29, 1.82) is 0 Å². The predicted octanol–water partition coefficient (Wildman–Crippen LogP) is 3.53. The molecule has 122 valence electrons. The van der Waals surface area contributed by atoms with E-state index in [1.54, 1.807) is 6.20 Å². The minimum absolute atomic E-state index is 0. The fourth-order valence-electron chi connectivity index (χ4n) is 2.69. The molecule has 1 heterocycles. The first-order chi connectivity index (χ1) is 10.6. The Morgan fingerprint density at radius 2 is 2.00 bits per heavy atom. The number of rotatable bonds is 4. The summed E-state index contributed by atoms with van der Waals surface area (Å²) in [6.07, 6.45) is 2.71. The van der Waals surface area contributed by atoms with Crippen LogP contribution in [-0.4, -0.2) is 10.9 Å². The first-order valence-electron chi connectivity index (χ1n) is 7.65. The van der Waals surface area contributed by atoms with Crippen LogP contribution >= 0.6 is 12.4 Å². The summed E-state index contributed by atoms with van der Waals surface area (Å²) in [5.74, 6) is 1.33. The number of pyridine rings is 1. The van der Waals surface area contributed by atoms with Gasteiger partial charge in [0.2, 0.25) is 5.91 Å². The van der Waals surface area contributed by atoms with E-state index in [1.165, 1.54) is 5.56 Å². The highest BCUT2D eigenvalue weighted by atomic mass is 35.5. The molecule has 0 aliphatic heterocycles. The number of anilines is 1. The van der Waals surface area contributed by atoms with Crippen molar-refractivity contribution in [1.82, 2.24) is 4.98 Å². The fraction of sp³-hybridized carbons (Fsp3) is 0.333. The number of nitrogens with one attached hydrogen (secondary N) is 1. The van der Waals surface area contributed by atoms with E-state index >= 15 is 0 Å². The Balaban J connectivity index is 0.00000192. The molecule has 1 amide bonds. The van der Waals surface area contributed by atoms with Crippen LogP contribution < -0.4 is 11.1 Å². The summed E-state index contributed by atoms with van der Waals surface area (Å²) in [7, 11) is 0. The summed E-state index contributed by atoms with van der Waals surface area (Å²) in [5, 5.41) is 2.91. The molecule has 0 unspecified atom stereocenters. The lowest BCUT2D eigenvalue weighted by Gasteiger charge is -2.09. The molecule has 1 fully saturated rings. The van der Waals surface area contributed by atoms with Crippen LogP contribution in [0.5, 0.6) is 0 Å². The number of halogens is 1. The molecule has 1 saturated carbocycles. The molecule has 0 radical (unpaired) electrons. The molecule has 0 bridgehead atoms. The number of benzene rings is 1. The quantitative estimate of drug-likeness (QED) is 0.900. The SMILES string of the molecule is Cc1cc(-c2ccnc(NC(=O)[C@@H]3C[C@H]3C)c2)ccc1CN.Cl. The molecule has 23 heavy (non-hydrogen) atoms. The number of amides is 1. The highest BCUT2D eigenvalue weighted by Gasteiger charge is 2.39. The van der Waals surface area contributed by atoms with E-state index in [9.17, 15) is 4.79 Å². The first-order valence-corrected chi connectivity index (χ1v) is 7.65. The van der Waals surface area contributed by atoms with Gasteiger partial charge in [-0.25, -0.2) is 4.98 Å². The van der Waals surface area contributed by atoms with Gasteiger partial charge in [-0.3, -0.25) is 4.79 Å². The molecular weight excluding hydrogens is 310 g/mol. The summed E-state index contributed by atoms with van der Waals surface area (Å²) >= 11 is 0. The van der Waals surface area contributed by atoms with E-state index in [2.05, 4.69) is 42.3 Å². The van der Waals surface area contributed by atoms with Gasteiger partial charge >= 0.3 is 0 Å². The average molecular weight is 332 g/mol. The van der Waals surface area contributed by atoms with Crippen LogP contribution in [-0.2, 0) is 11.3 Å². The van der Waals surface area contributed by atoms with Gasteiger partial charge in [-0.15, -0.1) is 12.4 Å². The van der Waals surface area contributed by atoms with E-state index in [0.29, 0.717) is 18.3 Å². The third-order valence-corrected chi connectivity index (χ3v) is 4.35. The van der Waals surface area contributed by atoms with Crippen LogP contribution in [0.15, 0.2) is 36.5 Å². The van der Waals surface area contributed by atoms with Crippen LogP contribution in [0.25, 0.3) is 11.1 Å². The van der Waals surface area contributed by atoms with E-state index in [-0.39, 0.29) is 24.2 Å². The smallest absolute Gasteiger partial charge is 0.228 e. The van der Waals surface area contributed by atoms with E-state index in [1.807, 2.05) is 12.1 Å². The number of aryl methyl sites for hydroxylation is 1. The van der Waals surface area contributed by atoms with Gasteiger partial charge in [0.05, 0.1) is 0 Å². The zero-order valence-electron chi connectivity index (χ0n) is 13.4. The lowest BCUT2D eigenvalue weighted by Crippen LogP contribution is -2.15. The maximum atomic E-state index is 12.0. The lowest BCUT2D eigenvalue weighted by molar-refractivity contribution is -0.117. The number of nitrogens with two attached hydrogens (primary N) is 1. The minimum atomic E-state index is 0. The third kappa shape index (κ3) is 3.89. The standard InChI is InChI=1S/C18H21N3O.ClH/c1-11-7-13(3-4-15(11)10-19)14-5-6-20-17(9-14)21-18(22)16-8-12(16)2;/h3-7,9,12,16H,8,10,19H2,1-2H3,(H,20,21,22);1H/t12-,16-;/m1./s1. The summed E-state index contributed by atoms with van der Waals surface area (Å²) in [5.41, 5.74) is 10.2. The van der Waals surface area contributed by atoms with Crippen molar-refractivity contribution in [3.63, 3.8) is 0 Å². The van der Waals surface area contributed by atoms with Gasteiger partial charge in [-0.2, -0.15) is 0 Å². The maximum Gasteiger partial charge on any atom is 0.228 e. The zero-order valence-corrected chi connectivity index (χ0v) is 14.2. The van der Waals surface area contributed by atoms with E-state index < -0.39 is 0 Å². The van der Waals surface area contributed by atoms with E-state index in [4.69, 9.17) is 5.73 Å². The van der Waals surface area contributed by atoms with Crippen molar-refractivity contribution in [3.8, 4) is 11.1 Å². The highest BCUT2D eigenvalue weighted by molar-refractivity contribution is 5.94. The Morgan fingerprint density at radius 1 is 1.30 bits per heavy atom. The second kappa shape index (κ2) is 7.11. The highest BCUT2D eigenvalue weighted by Crippen LogP contribution is 2.38. The molecule has 2 aromatic rings. The summed E-state index contributed by atoms with van der Waals surface area (Å²) in [6, 6.07) is 10.1. The molecule has 0 spiro atoms. The Hall–Kier alpha value is -1.91. The first kappa shape index (κ1) is 17.4. The number of aromatic nitrogens is 1. The van der Waals surface area contributed by atoms with Crippen LogP contribution in [0.1, 0.15) is 24.5 Å². The minimum Gasteiger partial charge on any atom is -0.326 e. The molecule has 3 N–H and O–H groups in total. The Labute approximate surface area is 142 Å². The van der Waals surface area contributed by atoms with Gasteiger partial charge in [0, 0.05) is 18.7 Å². The normalized spacial score (nSPS) is 18.9. The lowest BCUT2D eigenvalue weighted by atomic mass is 10.0. The Bertz CT molecular complexity index is 717. The van der Waals surface area contributed by atoms with Crippen LogP contribution in [0.2, 0.25) is 0 Å². The van der Waals surface area contributed by atoms with Crippen molar-refractivity contribution in [2.45, 2.75) is 26.8 Å². The molecule has 5 heteroatoms. The van der Waals surface area contributed by atoms with Gasteiger partial charge in [0.15, 0.2) is 0 Å². The molecule has 1 aromatic carbocycles. The second-order valence-electron chi connectivity index (χ2n) is 6.08. The van der Waals surface area contributed by atoms with Crippen LogP contribution in [0.4, 0.5) is 5.82 Å². The number of carbonyl (C=O) groups is 1. The zero-order chi connectivity index (χ0) is 15.7. The van der Waals surface area contributed by atoms with Gasteiger partial charge in [-0.1, -0.05) is 25.1 Å². The Morgan fingerprint density at radius 3 is 2.61 bits per heavy atom. The molecule has 2 atom stereocenters. The van der Waals surface area contributed by atoms with Crippen LogP contribution in [0.3, 0.4) is 0 Å².